The molecule has 1 heterocycles. The first-order valence-corrected chi connectivity index (χ1v) is 9.18. The molecular formula is C20H27NO4. The maximum Gasteiger partial charge on any atom is 0.274 e. The Hall–Kier alpha value is -1.88. The van der Waals surface area contributed by atoms with Gasteiger partial charge in [0.2, 0.25) is 0 Å². The summed E-state index contributed by atoms with van der Waals surface area (Å²) >= 11 is 0. The van der Waals surface area contributed by atoms with Gasteiger partial charge in [-0.1, -0.05) is 45.6 Å². The number of nitro groups is 1. The van der Waals surface area contributed by atoms with E-state index in [1.165, 1.54) is 12.8 Å². The maximum atomic E-state index is 11.7. The summed E-state index contributed by atoms with van der Waals surface area (Å²) in [5.41, 5.74) is 0.989. The molecule has 1 aromatic carbocycles. The number of nitro benzene ring substituents is 1. The summed E-state index contributed by atoms with van der Waals surface area (Å²) in [6, 6.07) is 3.23. The summed E-state index contributed by atoms with van der Waals surface area (Å²) in [5, 5.41) is 22.4. The van der Waals surface area contributed by atoms with Crippen molar-refractivity contribution in [1.82, 2.24) is 0 Å². The molecule has 0 aromatic heterocycles. The van der Waals surface area contributed by atoms with Crippen LogP contribution in [0.5, 0.6) is 5.75 Å². The normalized spacial score (nSPS) is 27.3. The highest BCUT2D eigenvalue weighted by Crippen LogP contribution is 2.53. The number of allylic oxidation sites excluding steroid dienone is 1. The van der Waals surface area contributed by atoms with E-state index in [1.807, 2.05) is 0 Å². The van der Waals surface area contributed by atoms with E-state index < -0.39 is 5.60 Å². The van der Waals surface area contributed by atoms with Crippen molar-refractivity contribution in [2.45, 2.75) is 70.3 Å². The van der Waals surface area contributed by atoms with Gasteiger partial charge in [0.25, 0.3) is 5.69 Å². The highest BCUT2D eigenvalue weighted by atomic mass is 16.6. The second-order valence-corrected chi connectivity index (χ2v) is 7.85. The number of ether oxygens (including phenoxy) is 1. The van der Waals surface area contributed by atoms with Crippen LogP contribution in [0.4, 0.5) is 5.69 Å². The van der Waals surface area contributed by atoms with Gasteiger partial charge in [0, 0.05) is 22.6 Å². The zero-order valence-corrected chi connectivity index (χ0v) is 15.3. The van der Waals surface area contributed by atoms with E-state index >= 15 is 0 Å². The Kier molecular flexibility index (Phi) is 4.62. The zero-order chi connectivity index (χ0) is 18.2. The van der Waals surface area contributed by atoms with Gasteiger partial charge in [-0.25, -0.2) is 0 Å². The van der Waals surface area contributed by atoms with Gasteiger partial charge >= 0.3 is 0 Å². The second kappa shape index (κ2) is 6.45. The van der Waals surface area contributed by atoms with Crippen LogP contribution in [-0.2, 0) is 5.41 Å². The third-order valence-corrected chi connectivity index (χ3v) is 5.64. The first-order valence-electron chi connectivity index (χ1n) is 9.18. The molecule has 1 N–H and O–H groups in total. The summed E-state index contributed by atoms with van der Waals surface area (Å²) in [4.78, 5) is 11.4. The fourth-order valence-corrected chi connectivity index (χ4v) is 4.21. The number of benzene rings is 1. The number of unbranched alkanes of at least 4 members (excludes halogenated alkanes) is 3. The van der Waals surface area contributed by atoms with Crippen molar-refractivity contribution in [1.29, 1.82) is 0 Å². The van der Waals surface area contributed by atoms with E-state index in [2.05, 4.69) is 19.9 Å². The molecule has 136 valence electrons. The topological polar surface area (TPSA) is 72.6 Å². The van der Waals surface area contributed by atoms with Gasteiger partial charge in [-0.05, 0) is 31.4 Å². The van der Waals surface area contributed by atoms with Gasteiger partial charge in [-0.2, -0.15) is 0 Å². The molecule has 0 saturated carbocycles. The Labute approximate surface area is 148 Å². The van der Waals surface area contributed by atoms with Crippen LogP contribution in [-0.4, -0.2) is 22.2 Å². The Morgan fingerprint density at radius 1 is 1.28 bits per heavy atom. The molecule has 25 heavy (non-hydrogen) atoms. The first-order chi connectivity index (χ1) is 11.8. The minimum atomic E-state index is -1.11. The lowest BCUT2D eigenvalue weighted by Crippen LogP contribution is -2.41. The van der Waals surface area contributed by atoms with Crippen molar-refractivity contribution in [2.75, 3.05) is 6.61 Å². The minimum Gasteiger partial charge on any atom is -0.490 e. The zero-order valence-electron chi connectivity index (χ0n) is 15.3. The average Bonchev–Trinajstić information content (AvgIpc) is 2.56. The van der Waals surface area contributed by atoms with Crippen LogP contribution in [0.1, 0.15) is 70.4 Å². The average molecular weight is 345 g/mol. The molecule has 1 aromatic rings. The van der Waals surface area contributed by atoms with Crippen molar-refractivity contribution in [3.63, 3.8) is 0 Å². The van der Waals surface area contributed by atoms with Crippen molar-refractivity contribution >= 4 is 11.3 Å². The molecule has 0 fully saturated rings. The van der Waals surface area contributed by atoms with Crippen LogP contribution in [0.3, 0.4) is 0 Å². The first kappa shape index (κ1) is 17.9. The standard InChI is InChI=1S/C20H27NO4/c1-4-5-6-7-11-19(2)12-10-14-17-16(25-13-20(14,3)22)9-8-15(18(17)19)21(23)24/h8-10,22H,4-7,11-13H2,1-3H3. The van der Waals surface area contributed by atoms with Crippen LogP contribution in [0.15, 0.2) is 18.2 Å². The largest absolute Gasteiger partial charge is 0.490 e. The van der Waals surface area contributed by atoms with Gasteiger partial charge in [0.1, 0.15) is 18.0 Å². The summed E-state index contributed by atoms with van der Waals surface area (Å²) in [5.74, 6) is 0.651. The fourth-order valence-electron chi connectivity index (χ4n) is 4.21. The van der Waals surface area contributed by atoms with E-state index in [0.717, 1.165) is 36.0 Å². The molecule has 5 nitrogen and oxygen atoms in total. The van der Waals surface area contributed by atoms with Gasteiger partial charge in [0.05, 0.1) is 4.92 Å². The predicted octanol–water partition coefficient (Wildman–Crippen LogP) is 4.75. The minimum absolute atomic E-state index is 0.142. The van der Waals surface area contributed by atoms with Crippen molar-refractivity contribution in [3.8, 4) is 5.75 Å². The molecule has 0 radical (unpaired) electrons. The molecular weight excluding hydrogens is 318 g/mol. The molecule has 0 bridgehead atoms. The molecule has 0 saturated heterocycles. The van der Waals surface area contributed by atoms with Crippen LogP contribution in [0.25, 0.3) is 5.57 Å². The highest BCUT2D eigenvalue weighted by Gasteiger charge is 2.46. The lowest BCUT2D eigenvalue weighted by Gasteiger charge is -2.42. The third-order valence-electron chi connectivity index (χ3n) is 5.64. The molecule has 0 spiro atoms. The van der Waals surface area contributed by atoms with Gasteiger partial charge in [0.15, 0.2) is 0 Å². The second-order valence-electron chi connectivity index (χ2n) is 7.85. The fraction of sp³-hybridized carbons (Fsp3) is 0.600. The van der Waals surface area contributed by atoms with Gasteiger partial charge < -0.3 is 9.84 Å². The molecule has 2 unspecified atom stereocenters. The maximum absolute atomic E-state index is 11.7. The third kappa shape index (κ3) is 3.06. The van der Waals surface area contributed by atoms with E-state index in [0.29, 0.717) is 12.2 Å². The quantitative estimate of drug-likeness (QED) is 0.458. The molecule has 5 heteroatoms. The number of hydrogen-bond donors (Lipinski definition) is 1. The van der Waals surface area contributed by atoms with Crippen LogP contribution in [0.2, 0.25) is 0 Å². The Morgan fingerprint density at radius 2 is 2.04 bits per heavy atom. The molecule has 0 amide bonds. The molecule has 1 aliphatic heterocycles. The van der Waals surface area contributed by atoms with Crippen molar-refractivity contribution in [2.24, 2.45) is 0 Å². The lowest BCUT2D eigenvalue weighted by molar-refractivity contribution is -0.386. The monoisotopic (exact) mass is 345 g/mol. The number of aliphatic hydroxyl groups is 1. The van der Waals surface area contributed by atoms with E-state index in [9.17, 15) is 15.2 Å². The van der Waals surface area contributed by atoms with E-state index in [4.69, 9.17) is 4.74 Å². The Bertz CT molecular complexity index is 723. The number of hydrogen-bond acceptors (Lipinski definition) is 4. The summed E-state index contributed by atoms with van der Waals surface area (Å²) in [6.07, 6.45) is 8.21. The van der Waals surface area contributed by atoms with E-state index in [1.54, 1.807) is 19.1 Å². The molecule has 2 aliphatic rings. The van der Waals surface area contributed by atoms with Crippen molar-refractivity contribution < 1.29 is 14.8 Å². The highest BCUT2D eigenvalue weighted by molar-refractivity contribution is 5.84. The molecule has 3 rings (SSSR count). The Morgan fingerprint density at radius 3 is 2.72 bits per heavy atom. The summed E-state index contributed by atoms with van der Waals surface area (Å²) < 4.78 is 5.74. The molecule has 1 aliphatic carbocycles. The SMILES string of the molecule is CCCCCCC1(C)CC=C2c3c(ccc([N+](=O)[O-])c31)OCC2(C)O. The van der Waals surface area contributed by atoms with E-state index in [-0.39, 0.29) is 22.6 Å². The summed E-state index contributed by atoms with van der Waals surface area (Å²) in [7, 11) is 0. The van der Waals surface area contributed by atoms with Crippen molar-refractivity contribution in [3.05, 3.63) is 39.4 Å². The number of nitrogens with zero attached hydrogens (tertiary/aromatic N) is 1. The number of rotatable bonds is 6. The molecule has 2 atom stereocenters. The lowest BCUT2D eigenvalue weighted by atomic mass is 9.65. The van der Waals surface area contributed by atoms with Crippen LogP contribution < -0.4 is 4.74 Å². The smallest absolute Gasteiger partial charge is 0.274 e. The van der Waals surface area contributed by atoms with Gasteiger partial charge in [-0.3, -0.25) is 10.1 Å². The predicted molar refractivity (Wildman–Crippen MR) is 97.9 cm³/mol. The Balaban J connectivity index is 2.10. The summed E-state index contributed by atoms with van der Waals surface area (Å²) in [6.45, 7) is 6.18. The van der Waals surface area contributed by atoms with Crippen LogP contribution in [0, 0.1) is 10.1 Å². The van der Waals surface area contributed by atoms with Gasteiger partial charge in [-0.15, -0.1) is 0 Å². The van der Waals surface area contributed by atoms with Crippen LogP contribution >= 0.6 is 0 Å².